The summed E-state index contributed by atoms with van der Waals surface area (Å²) < 4.78 is 50.3. The Labute approximate surface area is 143 Å². The van der Waals surface area contributed by atoms with E-state index in [0.717, 1.165) is 6.07 Å². The molecule has 0 aliphatic heterocycles. The van der Waals surface area contributed by atoms with Gasteiger partial charge in [-0.25, -0.2) is 22.7 Å². The molecule has 136 valence electrons. The van der Waals surface area contributed by atoms with Gasteiger partial charge in [0.25, 0.3) is 0 Å². The molecule has 25 heavy (non-hydrogen) atoms. The predicted octanol–water partition coefficient (Wildman–Crippen LogP) is 0.736. The molecule has 0 saturated carbocycles. The number of carbonyl (C=O) groups is 1. The number of halogens is 2. The smallest absolute Gasteiger partial charge is 0.250 e. The summed E-state index contributed by atoms with van der Waals surface area (Å²) in [5.41, 5.74) is 0.107. The average molecular weight is 374 g/mol. The van der Waals surface area contributed by atoms with E-state index in [4.69, 9.17) is 5.21 Å². The van der Waals surface area contributed by atoms with Crippen LogP contribution in [-0.4, -0.2) is 40.3 Å². The molecular formula is C14H16F2N4O4S. The van der Waals surface area contributed by atoms with Gasteiger partial charge in [-0.15, -0.1) is 5.10 Å². The molecule has 2 aromatic rings. The maximum absolute atomic E-state index is 13.8. The third kappa shape index (κ3) is 4.37. The van der Waals surface area contributed by atoms with E-state index in [1.807, 2.05) is 0 Å². The summed E-state index contributed by atoms with van der Waals surface area (Å²) in [7, 11) is -2.85. The molecule has 0 spiro atoms. The third-order valence-electron chi connectivity index (χ3n) is 3.79. The van der Waals surface area contributed by atoms with Crippen LogP contribution in [0.3, 0.4) is 0 Å². The maximum atomic E-state index is 13.8. The van der Waals surface area contributed by atoms with Crippen molar-refractivity contribution >= 4 is 16.6 Å². The van der Waals surface area contributed by atoms with E-state index in [-0.39, 0.29) is 24.2 Å². The first-order valence-electron chi connectivity index (χ1n) is 7.17. The second-order valence-corrected chi connectivity index (χ2v) is 6.69. The topological polar surface area (TPSA) is 114 Å². The van der Waals surface area contributed by atoms with E-state index in [1.165, 1.54) is 35.4 Å². The SMILES string of the molecule is C[C@](CCn1cc(-c2cccc(F)c2F)nn1)(C[SH](=O)=O)C(=O)NO. The number of benzene rings is 1. The second-order valence-electron chi connectivity index (χ2n) is 5.71. The second kappa shape index (κ2) is 7.66. The molecular weight excluding hydrogens is 358 g/mol. The molecule has 1 heterocycles. The van der Waals surface area contributed by atoms with Crippen molar-refractivity contribution in [3.63, 3.8) is 0 Å². The monoisotopic (exact) mass is 374 g/mol. The molecule has 0 saturated heterocycles. The number of thiol groups is 1. The van der Waals surface area contributed by atoms with Crippen LogP contribution in [0.25, 0.3) is 11.3 Å². The Balaban J connectivity index is 2.17. The fourth-order valence-electron chi connectivity index (χ4n) is 2.28. The largest absolute Gasteiger partial charge is 0.289 e. The van der Waals surface area contributed by atoms with Crippen molar-refractivity contribution < 1.29 is 27.2 Å². The van der Waals surface area contributed by atoms with E-state index in [0.29, 0.717) is 0 Å². The molecule has 0 unspecified atom stereocenters. The van der Waals surface area contributed by atoms with Crippen molar-refractivity contribution in [3.05, 3.63) is 36.0 Å². The Bertz CT molecular complexity index is 847. The molecule has 1 aromatic carbocycles. The van der Waals surface area contributed by atoms with Crippen LogP contribution in [0.2, 0.25) is 0 Å². The van der Waals surface area contributed by atoms with Crippen molar-refractivity contribution in [2.45, 2.75) is 19.9 Å². The lowest BCUT2D eigenvalue weighted by Crippen LogP contribution is -2.41. The van der Waals surface area contributed by atoms with Crippen molar-refractivity contribution in [1.82, 2.24) is 20.5 Å². The molecule has 0 radical (unpaired) electrons. The molecule has 0 aliphatic rings. The molecule has 8 nitrogen and oxygen atoms in total. The summed E-state index contributed by atoms with van der Waals surface area (Å²) in [6.07, 6.45) is 1.38. The van der Waals surface area contributed by atoms with Crippen LogP contribution in [-0.2, 0) is 22.0 Å². The average Bonchev–Trinajstić information content (AvgIpc) is 3.03. The molecule has 1 amide bonds. The van der Waals surface area contributed by atoms with Crippen molar-refractivity contribution in [1.29, 1.82) is 0 Å². The summed E-state index contributed by atoms with van der Waals surface area (Å²) in [6, 6.07) is 3.66. The summed E-state index contributed by atoms with van der Waals surface area (Å²) in [5, 5.41) is 16.3. The Hall–Kier alpha value is -2.40. The van der Waals surface area contributed by atoms with Gasteiger partial charge in [0.2, 0.25) is 5.91 Å². The lowest BCUT2D eigenvalue weighted by molar-refractivity contribution is -0.138. The van der Waals surface area contributed by atoms with Gasteiger partial charge in [0.05, 0.1) is 17.4 Å². The van der Waals surface area contributed by atoms with E-state index in [9.17, 15) is 22.0 Å². The van der Waals surface area contributed by atoms with Crippen molar-refractivity contribution in [2.24, 2.45) is 5.41 Å². The molecule has 11 heteroatoms. The Kier molecular flexibility index (Phi) is 5.80. The molecule has 0 fully saturated rings. The van der Waals surface area contributed by atoms with Crippen LogP contribution in [0.1, 0.15) is 13.3 Å². The number of aromatic nitrogens is 3. The van der Waals surface area contributed by atoms with Gasteiger partial charge in [0.15, 0.2) is 11.6 Å². The molecule has 0 aliphatic carbocycles. The molecule has 2 rings (SSSR count). The van der Waals surface area contributed by atoms with Gasteiger partial charge >= 0.3 is 0 Å². The van der Waals surface area contributed by atoms with Crippen LogP contribution in [0.15, 0.2) is 24.4 Å². The number of hydrogen-bond donors (Lipinski definition) is 3. The Morgan fingerprint density at radius 1 is 1.40 bits per heavy atom. The standard InChI is InChI=1S/C14H16F2N4O4S/c1-14(8-25(23)24,13(21)18-22)5-6-20-7-11(17-19-20)9-3-2-4-10(15)12(9)16/h2-4,7,22,25H,5-6,8H2,1H3,(H,18,21)/t14-/m0/s1. The number of nitrogens with zero attached hydrogens (tertiary/aromatic N) is 3. The van der Waals surface area contributed by atoms with E-state index in [1.54, 1.807) is 0 Å². The van der Waals surface area contributed by atoms with Crippen LogP contribution >= 0.6 is 0 Å². The lowest BCUT2D eigenvalue weighted by Gasteiger charge is -2.24. The summed E-state index contributed by atoms with van der Waals surface area (Å²) in [6.45, 7) is 1.46. The number of hydrogen-bond acceptors (Lipinski definition) is 6. The first-order chi connectivity index (χ1) is 11.8. The van der Waals surface area contributed by atoms with Crippen molar-refractivity contribution in [3.8, 4) is 11.3 Å². The van der Waals surface area contributed by atoms with Gasteiger partial charge in [-0.3, -0.25) is 14.7 Å². The number of hydroxylamine groups is 1. The van der Waals surface area contributed by atoms with E-state index >= 15 is 0 Å². The van der Waals surface area contributed by atoms with E-state index < -0.39 is 39.4 Å². The van der Waals surface area contributed by atoms with Crippen molar-refractivity contribution in [2.75, 3.05) is 5.75 Å². The summed E-state index contributed by atoms with van der Waals surface area (Å²) in [5.74, 6) is -3.38. The van der Waals surface area contributed by atoms with Crippen LogP contribution < -0.4 is 5.48 Å². The number of carbonyl (C=O) groups excluding carboxylic acids is 1. The van der Waals surface area contributed by atoms with Crippen LogP contribution in [0.4, 0.5) is 8.78 Å². The number of amides is 1. The summed E-state index contributed by atoms with van der Waals surface area (Å²) in [4.78, 5) is 11.7. The quantitative estimate of drug-likeness (QED) is 0.374. The fraction of sp³-hybridized carbons (Fsp3) is 0.357. The lowest BCUT2D eigenvalue weighted by atomic mass is 9.88. The highest BCUT2D eigenvalue weighted by Crippen LogP contribution is 2.25. The third-order valence-corrected chi connectivity index (χ3v) is 4.74. The molecule has 1 atom stereocenters. The van der Waals surface area contributed by atoms with Gasteiger partial charge in [-0.05, 0) is 25.5 Å². The minimum Gasteiger partial charge on any atom is -0.289 e. The fourth-order valence-corrected chi connectivity index (χ4v) is 3.15. The van der Waals surface area contributed by atoms with Gasteiger partial charge in [-0.1, -0.05) is 11.3 Å². The first kappa shape index (κ1) is 18.9. The van der Waals surface area contributed by atoms with Crippen LogP contribution in [0, 0.1) is 17.0 Å². The highest BCUT2D eigenvalue weighted by molar-refractivity contribution is 7.72. The highest BCUT2D eigenvalue weighted by Gasteiger charge is 2.34. The molecule has 2 N–H and O–H groups in total. The molecule has 0 bridgehead atoms. The zero-order chi connectivity index (χ0) is 18.6. The minimum absolute atomic E-state index is 0.0249. The first-order valence-corrected chi connectivity index (χ1v) is 8.54. The highest BCUT2D eigenvalue weighted by atomic mass is 32.2. The zero-order valence-electron chi connectivity index (χ0n) is 13.1. The summed E-state index contributed by atoms with van der Waals surface area (Å²) >= 11 is 0. The molecule has 1 aromatic heterocycles. The van der Waals surface area contributed by atoms with Crippen LogP contribution in [0.5, 0.6) is 0 Å². The predicted molar refractivity (Wildman–Crippen MR) is 83.2 cm³/mol. The van der Waals surface area contributed by atoms with Gasteiger partial charge in [-0.2, -0.15) is 0 Å². The minimum atomic E-state index is -2.85. The Morgan fingerprint density at radius 3 is 2.76 bits per heavy atom. The van der Waals surface area contributed by atoms with E-state index in [2.05, 4.69) is 10.3 Å². The number of nitrogens with one attached hydrogen (secondary N) is 1. The van der Waals surface area contributed by atoms with Gasteiger partial charge in [0, 0.05) is 12.1 Å². The maximum Gasteiger partial charge on any atom is 0.250 e. The zero-order valence-corrected chi connectivity index (χ0v) is 14.0. The number of rotatable bonds is 7. The number of aryl methyl sites for hydroxylation is 1. The Morgan fingerprint density at radius 2 is 2.12 bits per heavy atom. The van der Waals surface area contributed by atoms with Gasteiger partial charge in [0.1, 0.15) is 16.4 Å². The van der Waals surface area contributed by atoms with Gasteiger partial charge < -0.3 is 0 Å². The normalized spacial score (nSPS) is 13.6.